The van der Waals surface area contributed by atoms with Crippen LogP contribution in [0.15, 0.2) is 72.8 Å². The lowest BCUT2D eigenvalue weighted by molar-refractivity contribution is -0.114. The summed E-state index contributed by atoms with van der Waals surface area (Å²) in [7, 11) is 3.94. The Morgan fingerprint density at radius 1 is 0.912 bits per heavy atom. The van der Waals surface area contributed by atoms with E-state index in [1.807, 2.05) is 85.7 Å². The molecule has 6 heteroatoms. The highest BCUT2D eigenvalue weighted by molar-refractivity contribution is 6.04. The highest BCUT2D eigenvalue weighted by atomic mass is 16.2. The van der Waals surface area contributed by atoms with Gasteiger partial charge in [0.05, 0.1) is 0 Å². The van der Waals surface area contributed by atoms with E-state index in [-0.39, 0.29) is 17.9 Å². The summed E-state index contributed by atoms with van der Waals surface area (Å²) in [4.78, 5) is 28.4. The molecule has 4 rings (SSSR count). The van der Waals surface area contributed by atoms with Crippen LogP contribution in [0.1, 0.15) is 36.2 Å². The minimum absolute atomic E-state index is 0.0892. The molecule has 3 aromatic rings. The van der Waals surface area contributed by atoms with Crippen LogP contribution in [0.4, 0.5) is 28.4 Å². The molecule has 0 fully saturated rings. The Kier molecular flexibility index (Phi) is 6.68. The second-order valence-electron chi connectivity index (χ2n) is 8.75. The van der Waals surface area contributed by atoms with E-state index >= 15 is 0 Å². The van der Waals surface area contributed by atoms with Crippen molar-refractivity contribution in [1.82, 2.24) is 0 Å². The summed E-state index contributed by atoms with van der Waals surface area (Å²) >= 11 is 0. The number of nitrogens with zero attached hydrogens (tertiary/aromatic N) is 2. The fourth-order valence-electron chi connectivity index (χ4n) is 4.14. The van der Waals surface area contributed by atoms with Gasteiger partial charge in [-0.25, -0.2) is 0 Å². The molecule has 1 heterocycles. The lowest BCUT2D eigenvalue weighted by Crippen LogP contribution is -2.27. The minimum atomic E-state index is -0.137. The number of fused-ring (bicyclic) bond motifs is 1. The lowest BCUT2D eigenvalue weighted by atomic mass is 10.1. The van der Waals surface area contributed by atoms with Gasteiger partial charge in [-0.05, 0) is 85.6 Å². The van der Waals surface area contributed by atoms with E-state index < -0.39 is 0 Å². The van der Waals surface area contributed by atoms with Crippen molar-refractivity contribution in [2.75, 3.05) is 34.5 Å². The third-order valence-corrected chi connectivity index (χ3v) is 5.87. The van der Waals surface area contributed by atoms with Gasteiger partial charge in [0.25, 0.3) is 5.91 Å². The maximum atomic E-state index is 12.8. The van der Waals surface area contributed by atoms with Gasteiger partial charge >= 0.3 is 0 Å². The Bertz CT molecular complexity index is 1210. The number of carbonyl (C=O) groups is 2. The molecule has 1 atom stereocenters. The maximum Gasteiger partial charge on any atom is 0.255 e. The fraction of sp³-hybridized carbons (Fsp3) is 0.214. The fourth-order valence-corrected chi connectivity index (χ4v) is 4.14. The lowest BCUT2D eigenvalue weighted by Gasteiger charge is -2.31. The van der Waals surface area contributed by atoms with E-state index in [1.54, 1.807) is 0 Å². The highest BCUT2D eigenvalue weighted by Gasteiger charge is 2.21. The summed E-state index contributed by atoms with van der Waals surface area (Å²) in [5.41, 5.74) is 6.34. The van der Waals surface area contributed by atoms with Gasteiger partial charge in [0.1, 0.15) is 0 Å². The van der Waals surface area contributed by atoms with Crippen molar-refractivity contribution < 1.29 is 9.59 Å². The van der Waals surface area contributed by atoms with Crippen LogP contribution in [0, 0.1) is 0 Å². The van der Waals surface area contributed by atoms with E-state index in [2.05, 4.69) is 34.6 Å². The van der Waals surface area contributed by atoms with E-state index in [4.69, 9.17) is 0 Å². The molecular formula is C28H30N4O2. The molecule has 0 saturated carbocycles. The molecule has 0 aliphatic carbocycles. The third-order valence-electron chi connectivity index (χ3n) is 5.87. The molecule has 0 spiro atoms. The Labute approximate surface area is 200 Å². The Hall–Kier alpha value is -4.06. The predicted molar refractivity (Wildman–Crippen MR) is 141 cm³/mol. The summed E-state index contributed by atoms with van der Waals surface area (Å²) in [5.74, 6) is -0.227. The number of benzene rings is 3. The van der Waals surface area contributed by atoms with Gasteiger partial charge in [-0.2, -0.15) is 0 Å². The molecule has 0 bridgehead atoms. The molecule has 3 aromatic carbocycles. The van der Waals surface area contributed by atoms with Crippen molar-refractivity contribution in [3.63, 3.8) is 0 Å². The smallest absolute Gasteiger partial charge is 0.255 e. The van der Waals surface area contributed by atoms with Crippen LogP contribution in [-0.4, -0.2) is 32.0 Å². The number of hydrogen-bond acceptors (Lipinski definition) is 4. The first-order valence-corrected chi connectivity index (χ1v) is 11.4. The van der Waals surface area contributed by atoms with E-state index in [9.17, 15) is 9.59 Å². The molecule has 0 aromatic heterocycles. The SMILES string of the molecule is CC(=O)Nc1ccc(N2c3ccc(NC(=O)c4ccc(N(C)C)cc4)cc3C=CCC2C)cc1. The average Bonchev–Trinajstić information content (AvgIpc) is 2.97. The topological polar surface area (TPSA) is 64.7 Å². The van der Waals surface area contributed by atoms with Gasteiger partial charge in [-0.1, -0.05) is 12.2 Å². The Morgan fingerprint density at radius 3 is 2.24 bits per heavy atom. The average molecular weight is 455 g/mol. The molecule has 0 radical (unpaired) electrons. The van der Waals surface area contributed by atoms with Crippen LogP contribution in [0.25, 0.3) is 6.08 Å². The zero-order chi connectivity index (χ0) is 24.2. The Balaban J connectivity index is 1.58. The Morgan fingerprint density at radius 2 is 1.59 bits per heavy atom. The number of amides is 2. The molecule has 1 aliphatic heterocycles. The summed E-state index contributed by atoms with van der Waals surface area (Å²) in [6.07, 6.45) is 5.17. The van der Waals surface area contributed by atoms with Gasteiger partial charge in [0.2, 0.25) is 5.91 Å². The molecule has 2 N–H and O–H groups in total. The van der Waals surface area contributed by atoms with E-state index in [0.29, 0.717) is 5.56 Å². The molecule has 34 heavy (non-hydrogen) atoms. The summed E-state index contributed by atoms with van der Waals surface area (Å²) in [6, 6.07) is 21.7. The summed E-state index contributed by atoms with van der Waals surface area (Å²) < 4.78 is 0. The van der Waals surface area contributed by atoms with Crippen molar-refractivity contribution in [3.8, 4) is 0 Å². The van der Waals surface area contributed by atoms with Crippen LogP contribution in [0.5, 0.6) is 0 Å². The summed E-state index contributed by atoms with van der Waals surface area (Å²) in [6.45, 7) is 3.69. The van der Waals surface area contributed by atoms with Crippen LogP contribution in [-0.2, 0) is 4.79 Å². The first-order chi connectivity index (χ1) is 16.3. The molecule has 6 nitrogen and oxygen atoms in total. The van der Waals surface area contributed by atoms with Gasteiger partial charge in [0.15, 0.2) is 0 Å². The first-order valence-electron chi connectivity index (χ1n) is 11.4. The number of hydrogen-bond donors (Lipinski definition) is 2. The second-order valence-corrected chi connectivity index (χ2v) is 8.75. The zero-order valence-electron chi connectivity index (χ0n) is 20.0. The monoisotopic (exact) mass is 454 g/mol. The molecular weight excluding hydrogens is 424 g/mol. The van der Waals surface area contributed by atoms with Crippen molar-refractivity contribution in [3.05, 3.63) is 83.9 Å². The minimum Gasteiger partial charge on any atom is -0.378 e. The zero-order valence-corrected chi connectivity index (χ0v) is 20.0. The van der Waals surface area contributed by atoms with E-state index in [1.165, 1.54) is 6.92 Å². The van der Waals surface area contributed by atoms with Gasteiger partial charge in [-0.15, -0.1) is 0 Å². The molecule has 1 unspecified atom stereocenters. The maximum absolute atomic E-state index is 12.8. The predicted octanol–water partition coefficient (Wildman–Crippen LogP) is 5.91. The largest absolute Gasteiger partial charge is 0.378 e. The van der Waals surface area contributed by atoms with Crippen LogP contribution in [0.3, 0.4) is 0 Å². The van der Waals surface area contributed by atoms with Crippen molar-refractivity contribution in [1.29, 1.82) is 0 Å². The van der Waals surface area contributed by atoms with Crippen molar-refractivity contribution in [2.45, 2.75) is 26.3 Å². The number of carbonyl (C=O) groups excluding carboxylic acids is 2. The summed E-state index contributed by atoms with van der Waals surface area (Å²) in [5, 5.41) is 5.84. The van der Waals surface area contributed by atoms with E-state index in [0.717, 1.165) is 40.4 Å². The quantitative estimate of drug-likeness (QED) is 0.503. The van der Waals surface area contributed by atoms with Gasteiger partial charge < -0.3 is 20.4 Å². The van der Waals surface area contributed by atoms with Gasteiger partial charge in [0, 0.05) is 61.1 Å². The number of anilines is 5. The van der Waals surface area contributed by atoms with Crippen molar-refractivity contribution in [2.24, 2.45) is 0 Å². The van der Waals surface area contributed by atoms with Crippen molar-refractivity contribution >= 4 is 46.3 Å². The normalized spacial score (nSPS) is 14.7. The van der Waals surface area contributed by atoms with Crippen LogP contribution >= 0.6 is 0 Å². The molecule has 0 saturated heterocycles. The molecule has 2 amide bonds. The number of rotatable bonds is 5. The third kappa shape index (κ3) is 5.12. The first kappa shape index (κ1) is 23.1. The standard InChI is InChI=1S/C28H30N4O2/c1-19-6-5-7-22-18-24(30-28(34)21-8-13-25(14-9-21)31(3)4)12-17-27(22)32(19)26-15-10-23(11-16-26)29-20(2)33/h5,7-19H,6H2,1-4H3,(H,29,33)(H,30,34). The molecule has 174 valence electrons. The highest BCUT2D eigenvalue weighted by Crippen LogP contribution is 2.37. The molecule has 1 aliphatic rings. The van der Waals surface area contributed by atoms with Gasteiger partial charge in [-0.3, -0.25) is 9.59 Å². The van der Waals surface area contributed by atoms with Crippen LogP contribution < -0.4 is 20.4 Å². The van der Waals surface area contributed by atoms with Crippen LogP contribution in [0.2, 0.25) is 0 Å². The number of nitrogens with one attached hydrogen (secondary N) is 2. The second kappa shape index (κ2) is 9.83.